The van der Waals surface area contributed by atoms with Crippen LogP contribution < -0.4 is 14.8 Å². The standard InChI is InChI=1S/C23H22ClN3O4/c24-16-1-3-19-18(10-16)14(12-25-19)5-6-27-13-15(9-22(27)28)23(29)26-17-2-4-20-21(11-17)31-8-7-30-20/h1-4,10-12,15,25H,5-9,13H2,(H,26,29). The van der Waals surface area contributed by atoms with E-state index in [9.17, 15) is 9.59 Å². The molecule has 0 aliphatic carbocycles. The molecule has 0 spiro atoms. The van der Waals surface area contributed by atoms with Crippen LogP contribution in [0.1, 0.15) is 12.0 Å². The molecule has 8 heteroatoms. The molecule has 0 radical (unpaired) electrons. The number of aromatic amines is 1. The fraction of sp³-hybridized carbons (Fsp3) is 0.304. The van der Waals surface area contributed by atoms with Gasteiger partial charge in [-0.3, -0.25) is 9.59 Å². The summed E-state index contributed by atoms with van der Waals surface area (Å²) >= 11 is 6.12. The largest absolute Gasteiger partial charge is 0.486 e. The molecule has 1 fully saturated rings. The van der Waals surface area contributed by atoms with E-state index in [-0.39, 0.29) is 24.2 Å². The summed E-state index contributed by atoms with van der Waals surface area (Å²) < 4.78 is 11.1. The van der Waals surface area contributed by atoms with E-state index in [1.165, 1.54) is 0 Å². The maximum absolute atomic E-state index is 12.7. The van der Waals surface area contributed by atoms with Crippen molar-refractivity contribution in [1.82, 2.24) is 9.88 Å². The van der Waals surface area contributed by atoms with Gasteiger partial charge < -0.3 is 24.7 Å². The molecule has 2 amide bonds. The topological polar surface area (TPSA) is 83.7 Å². The lowest BCUT2D eigenvalue weighted by Gasteiger charge is -2.19. The van der Waals surface area contributed by atoms with Crippen molar-refractivity contribution in [2.24, 2.45) is 5.92 Å². The molecule has 31 heavy (non-hydrogen) atoms. The Kier molecular flexibility index (Phi) is 5.19. The molecule has 7 nitrogen and oxygen atoms in total. The number of nitrogens with zero attached hydrogens (tertiary/aromatic N) is 1. The molecule has 2 N–H and O–H groups in total. The smallest absolute Gasteiger partial charge is 0.229 e. The maximum atomic E-state index is 12.7. The molecule has 3 heterocycles. The average molecular weight is 440 g/mol. The highest BCUT2D eigenvalue weighted by Gasteiger charge is 2.34. The molecular formula is C23H22ClN3O4. The normalized spacial score (nSPS) is 17.9. The van der Waals surface area contributed by atoms with Crippen molar-refractivity contribution in [3.05, 3.63) is 53.2 Å². The number of amides is 2. The van der Waals surface area contributed by atoms with Crippen molar-refractivity contribution in [1.29, 1.82) is 0 Å². The van der Waals surface area contributed by atoms with Crippen LogP contribution in [0.5, 0.6) is 11.5 Å². The van der Waals surface area contributed by atoms with Gasteiger partial charge >= 0.3 is 0 Å². The Balaban J connectivity index is 1.20. The molecule has 2 aromatic carbocycles. The number of ether oxygens (including phenoxy) is 2. The fourth-order valence-electron chi connectivity index (χ4n) is 4.14. The Bertz CT molecular complexity index is 1160. The first-order valence-corrected chi connectivity index (χ1v) is 10.7. The van der Waals surface area contributed by atoms with Crippen molar-refractivity contribution in [2.45, 2.75) is 12.8 Å². The quantitative estimate of drug-likeness (QED) is 0.636. The number of carbonyl (C=O) groups is 2. The Hall–Kier alpha value is -3.19. The van der Waals surface area contributed by atoms with Gasteiger partial charge in [0, 0.05) is 53.4 Å². The number of rotatable bonds is 5. The molecule has 1 aromatic heterocycles. The van der Waals surface area contributed by atoms with Crippen LogP contribution in [-0.2, 0) is 16.0 Å². The second-order valence-corrected chi connectivity index (χ2v) is 8.28. The van der Waals surface area contributed by atoms with E-state index in [1.54, 1.807) is 23.1 Å². The van der Waals surface area contributed by atoms with Crippen molar-refractivity contribution in [2.75, 3.05) is 31.6 Å². The van der Waals surface area contributed by atoms with Gasteiger partial charge in [0.05, 0.1) is 5.92 Å². The predicted octanol–water partition coefficient (Wildman–Crippen LogP) is 3.62. The lowest BCUT2D eigenvalue weighted by Crippen LogP contribution is -2.30. The fourth-order valence-corrected chi connectivity index (χ4v) is 4.31. The van der Waals surface area contributed by atoms with Crippen LogP contribution >= 0.6 is 11.6 Å². The second-order valence-electron chi connectivity index (χ2n) is 7.84. The number of halogens is 1. The zero-order valence-electron chi connectivity index (χ0n) is 16.8. The highest BCUT2D eigenvalue weighted by molar-refractivity contribution is 6.31. The summed E-state index contributed by atoms with van der Waals surface area (Å²) in [5.74, 6) is 0.752. The zero-order valence-corrected chi connectivity index (χ0v) is 17.6. The molecule has 2 aliphatic heterocycles. The summed E-state index contributed by atoms with van der Waals surface area (Å²) in [6.45, 7) is 1.98. The number of carbonyl (C=O) groups excluding carboxylic acids is 2. The van der Waals surface area contributed by atoms with Gasteiger partial charge in [-0.2, -0.15) is 0 Å². The first kappa shape index (κ1) is 19.8. The molecule has 0 saturated carbocycles. The van der Waals surface area contributed by atoms with E-state index >= 15 is 0 Å². The SMILES string of the molecule is O=C(Nc1ccc2c(c1)OCCO2)C1CC(=O)N(CCc2c[nH]c3ccc(Cl)cc23)C1. The number of hydrogen-bond donors (Lipinski definition) is 2. The first-order chi connectivity index (χ1) is 15.1. The van der Waals surface area contributed by atoms with Gasteiger partial charge in [-0.05, 0) is 42.3 Å². The molecule has 3 aromatic rings. The number of anilines is 1. The van der Waals surface area contributed by atoms with Gasteiger partial charge in [0.1, 0.15) is 13.2 Å². The number of likely N-dealkylation sites (tertiary alicyclic amines) is 1. The zero-order chi connectivity index (χ0) is 21.4. The van der Waals surface area contributed by atoms with Gasteiger partial charge in [-0.25, -0.2) is 0 Å². The minimum absolute atomic E-state index is 0.000183. The van der Waals surface area contributed by atoms with E-state index < -0.39 is 0 Å². The highest BCUT2D eigenvalue weighted by atomic mass is 35.5. The van der Waals surface area contributed by atoms with E-state index in [1.807, 2.05) is 24.4 Å². The van der Waals surface area contributed by atoms with Crippen LogP contribution in [0.2, 0.25) is 5.02 Å². The molecule has 5 rings (SSSR count). The Morgan fingerprint density at radius 1 is 1.16 bits per heavy atom. The lowest BCUT2D eigenvalue weighted by atomic mass is 10.1. The summed E-state index contributed by atoms with van der Waals surface area (Å²) in [6.07, 6.45) is 2.87. The van der Waals surface area contributed by atoms with Crippen LogP contribution in [0.25, 0.3) is 10.9 Å². The Labute approximate surface area is 184 Å². The summed E-state index contributed by atoms with van der Waals surface area (Å²) in [7, 11) is 0. The molecule has 1 unspecified atom stereocenters. The van der Waals surface area contributed by atoms with Gasteiger partial charge in [-0.1, -0.05) is 11.6 Å². The molecule has 2 aliphatic rings. The average Bonchev–Trinajstić information content (AvgIpc) is 3.35. The highest BCUT2D eigenvalue weighted by Crippen LogP contribution is 2.33. The number of H-pyrrole nitrogens is 1. The summed E-state index contributed by atoms with van der Waals surface area (Å²) in [5, 5.41) is 4.65. The Morgan fingerprint density at radius 3 is 2.87 bits per heavy atom. The number of fused-ring (bicyclic) bond motifs is 2. The van der Waals surface area contributed by atoms with E-state index in [2.05, 4.69) is 10.3 Å². The van der Waals surface area contributed by atoms with Gasteiger partial charge in [0.25, 0.3) is 0 Å². The molecule has 0 bridgehead atoms. The van der Waals surface area contributed by atoms with E-state index in [0.717, 1.165) is 16.5 Å². The lowest BCUT2D eigenvalue weighted by molar-refractivity contribution is -0.128. The van der Waals surface area contributed by atoms with Gasteiger partial charge in [-0.15, -0.1) is 0 Å². The van der Waals surface area contributed by atoms with Crippen LogP contribution in [0.4, 0.5) is 5.69 Å². The van der Waals surface area contributed by atoms with Crippen molar-refractivity contribution in [3.8, 4) is 11.5 Å². The third-order valence-electron chi connectivity index (χ3n) is 5.78. The third kappa shape index (κ3) is 4.05. The predicted molar refractivity (Wildman–Crippen MR) is 118 cm³/mol. The molecule has 1 saturated heterocycles. The van der Waals surface area contributed by atoms with Crippen LogP contribution in [0.15, 0.2) is 42.6 Å². The number of nitrogens with one attached hydrogen (secondary N) is 2. The van der Waals surface area contributed by atoms with Crippen molar-refractivity contribution < 1.29 is 19.1 Å². The van der Waals surface area contributed by atoms with Crippen molar-refractivity contribution in [3.63, 3.8) is 0 Å². The van der Waals surface area contributed by atoms with Crippen LogP contribution in [0.3, 0.4) is 0 Å². The molecule has 1 atom stereocenters. The van der Waals surface area contributed by atoms with Crippen LogP contribution in [-0.4, -0.2) is 48.0 Å². The minimum Gasteiger partial charge on any atom is -0.486 e. The monoisotopic (exact) mass is 439 g/mol. The van der Waals surface area contributed by atoms with Crippen LogP contribution in [0, 0.1) is 5.92 Å². The maximum Gasteiger partial charge on any atom is 0.229 e. The summed E-state index contributed by atoms with van der Waals surface area (Å²) in [5.41, 5.74) is 2.76. The number of hydrogen-bond acceptors (Lipinski definition) is 4. The van der Waals surface area contributed by atoms with E-state index in [0.29, 0.717) is 54.9 Å². The van der Waals surface area contributed by atoms with Crippen molar-refractivity contribution >= 4 is 40.0 Å². The first-order valence-electron chi connectivity index (χ1n) is 10.3. The summed E-state index contributed by atoms with van der Waals surface area (Å²) in [4.78, 5) is 30.2. The second kappa shape index (κ2) is 8.15. The Morgan fingerprint density at radius 2 is 2.00 bits per heavy atom. The van der Waals surface area contributed by atoms with Gasteiger partial charge in [0.2, 0.25) is 11.8 Å². The molecule has 160 valence electrons. The number of aromatic nitrogens is 1. The van der Waals surface area contributed by atoms with E-state index in [4.69, 9.17) is 21.1 Å². The minimum atomic E-state index is -0.377. The summed E-state index contributed by atoms with van der Waals surface area (Å²) in [6, 6.07) is 11.0. The molecular weight excluding hydrogens is 418 g/mol. The van der Waals surface area contributed by atoms with Gasteiger partial charge in [0.15, 0.2) is 11.5 Å². The third-order valence-corrected chi connectivity index (χ3v) is 6.01. The number of benzene rings is 2.